The Balaban J connectivity index is 2.56. The van der Waals surface area contributed by atoms with Crippen molar-refractivity contribution in [1.82, 2.24) is 5.32 Å². The summed E-state index contributed by atoms with van der Waals surface area (Å²) in [6.07, 6.45) is 0.630. The summed E-state index contributed by atoms with van der Waals surface area (Å²) in [4.78, 5) is 11.6. The van der Waals surface area contributed by atoms with Gasteiger partial charge in [0.1, 0.15) is 0 Å². The Morgan fingerprint density at radius 2 is 2.29 bits per heavy atom. The lowest BCUT2D eigenvalue weighted by molar-refractivity contribution is 0.0938. The molecule has 0 aliphatic rings. The molecule has 0 aliphatic carbocycles. The van der Waals surface area contributed by atoms with Gasteiger partial charge in [0.2, 0.25) is 0 Å². The number of aliphatic hydroxyl groups is 1. The predicted molar refractivity (Wildman–Crippen MR) is 64.7 cm³/mol. The SMILES string of the molecule is CCC(O)CCNC(=O)c1cccc(Cl)c1F. The van der Waals surface area contributed by atoms with E-state index in [2.05, 4.69) is 5.32 Å². The molecule has 5 heteroatoms. The lowest BCUT2D eigenvalue weighted by atomic mass is 10.2. The molecule has 0 saturated carbocycles. The van der Waals surface area contributed by atoms with Crippen LogP contribution in [0.5, 0.6) is 0 Å². The highest BCUT2D eigenvalue weighted by molar-refractivity contribution is 6.31. The molecule has 0 radical (unpaired) electrons. The highest BCUT2D eigenvalue weighted by atomic mass is 35.5. The van der Waals surface area contributed by atoms with Gasteiger partial charge in [0.25, 0.3) is 5.91 Å². The standard InChI is InChI=1S/C12H15ClFNO2/c1-2-8(16)6-7-15-12(17)9-4-3-5-10(13)11(9)14/h3-5,8,16H,2,6-7H2,1H3,(H,15,17). The van der Waals surface area contributed by atoms with Crippen molar-refractivity contribution in [2.75, 3.05) is 6.54 Å². The van der Waals surface area contributed by atoms with E-state index in [1.54, 1.807) is 0 Å². The number of halogens is 2. The van der Waals surface area contributed by atoms with Crippen LogP contribution in [0.1, 0.15) is 30.1 Å². The molecule has 1 unspecified atom stereocenters. The van der Waals surface area contributed by atoms with Gasteiger partial charge in [-0.2, -0.15) is 0 Å². The van der Waals surface area contributed by atoms with Gasteiger partial charge in [0.15, 0.2) is 5.82 Å². The van der Waals surface area contributed by atoms with Crippen LogP contribution in [-0.2, 0) is 0 Å². The highest BCUT2D eigenvalue weighted by Crippen LogP contribution is 2.17. The monoisotopic (exact) mass is 259 g/mol. The Morgan fingerprint density at radius 1 is 1.59 bits per heavy atom. The molecule has 0 fully saturated rings. The molecule has 1 atom stereocenters. The van der Waals surface area contributed by atoms with Crippen LogP contribution in [-0.4, -0.2) is 23.7 Å². The molecule has 1 aromatic carbocycles. The topological polar surface area (TPSA) is 49.3 Å². The van der Waals surface area contributed by atoms with E-state index >= 15 is 0 Å². The van der Waals surface area contributed by atoms with Crippen molar-refractivity contribution in [2.45, 2.75) is 25.9 Å². The maximum Gasteiger partial charge on any atom is 0.254 e. The van der Waals surface area contributed by atoms with Crippen molar-refractivity contribution in [3.8, 4) is 0 Å². The second kappa shape index (κ2) is 6.57. The van der Waals surface area contributed by atoms with E-state index in [4.69, 9.17) is 11.6 Å². The van der Waals surface area contributed by atoms with Crippen LogP contribution < -0.4 is 5.32 Å². The summed E-state index contributed by atoms with van der Waals surface area (Å²) in [5.74, 6) is -1.24. The maximum absolute atomic E-state index is 13.5. The third-order valence-electron chi connectivity index (χ3n) is 2.43. The summed E-state index contributed by atoms with van der Waals surface area (Å²) >= 11 is 5.57. The van der Waals surface area contributed by atoms with E-state index in [1.807, 2.05) is 6.92 Å². The molecule has 0 saturated heterocycles. The summed E-state index contributed by atoms with van der Waals surface area (Å²) in [7, 11) is 0. The molecule has 1 aromatic rings. The molecular weight excluding hydrogens is 245 g/mol. The van der Waals surface area contributed by atoms with Crippen molar-refractivity contribution in [1.29, 1.82) is 0 Å². The van der Waals surface area contributed by atoms with Gasteiger partial charge in [0, 0.05) is 6.54 Å². The normalized spacial score (nSPS) is 12.2. The second-order valence-electron chi connectivity index (χ2n) is 3.71. The van der Waals surface area contributed by atoms with E-state index in [-0.39, 0.29) is 10.6 Å². The van der Waals surface area contributed by atoms with Crippen LogP contribution in [0.15, 0.2) is 18.2 Å². The first-order chi connectivity index (χ1) is 8.06. The third-order valence-corrected chi connectivity index (χ3v) is 2.72. The van der Waals surface area contributed by atoms with Gasteiger partial charge in [-0.15, -0.1) is 0 Å². The minimum atomic E-state index is -0.720. The molecule has 0 aliphatic heterocycles. The smallest absolute Gasteiger partial charge is 0.254 e. The van der Waals surface area contributed by atoms with Crippen molar-refractivity contribution in [2.24, 2.45) is 0 Å². The van der Waals surface area contributed by atoms with E-state index in [1.165, 1.54) is 18.2 Å². The van der Waals surface area contributed by atoms with Crippen LogP contribution in [0, 0.1) is 5.82 Å². The fourth-order valence-corrected chi connectivity index (χ4v) is 1.51. The van der Waals surface area contributed by atoms with Crippen LogP contribution in [0.25, 0.3) is 0 Å². The molecule has 0 heterocycles. The second-order valence-corrected chi connectivity index (χ2v) is 4.12. The Kier molecular flexibility index (Phi) is 5.38. The fourth-order valence-electron chi connectivity index (χ4n) is 1.33. The average Bonchev–Trinajstić information content (AvgIpc) is 2.32. The van der Waals surface area contributed by atoms with Gasteiger partial charge in [0.05, 0.1) is 16.7 Å². The minimum absolute atomic E-state index is 0.0776. The molecule has 1 amide bonds. The molecule has 0 aromatic heterocycles. The molecular formula is C12H15ClFNO2. The first-order valence-electron chi connectivity index (χ1n) is 5.46. The van der Waals surface area contributed by atoms with E-state index in [9.17, 15) is 14.3 Å². The van der Waals surface area contributed by atoms with Gasteiger partial charge < -0.3 is 10.4 Å². The molecule has 17 heavy (non-hydrogen) atoms. The zero-order chi connectivity index (χ0) is 12.8. The van der Waals surface area contributed by atoms with E-state index < -0.39 is 17.8 Å². The van der Waals surface area contributed by atoms with Crippen LogP contribution in [0.2, 0.25) is 5.02 Å². The Morgan fingerprint density at radius 3 is 2.94 bits per heavy atom. The Labute approximate surface area is 105 Å². The Hall–Kier alpha value is -1.13. The lowest BCUT2D eigenvalue weighted by Gasteiger charge is -2.09. The summed E-state index contributed by atoms with van der Waals surface area (Å²) in [6, 6.07) is 4.27. The van der Waals surface area contributed by atoms with E-state index in [0.717, 1.165) is 0 Å². The first kappa shape index (κ1) is 13.9. The molecule has 94 valence electrons. The number of hydrogen-bond acceptors (Lipinski definition) is 2. The lowest BCUT2D eigenvalue weighted by Crippen LogP contribution is -2.27. The van der Waals surface area contributed by atoms with Crippen molar-refractivity contribution in [3.63, 3.8) is 0 Å². The van der Waals surface area contributed by atoms with E-state index in [0.29, 0.717) is 19.4 Å². The number of rotatable bonds is 5. The van der Waals surface area contributed by atoms with Gasteiger partial charge in [-0.1, -0.05) is 24.6 Å². The summed E-state index contributed by atoms with van der Waals surface area (Å²) in [5.41, 5.74) is -0.0801. The number of nitrogens with one attached hydrogen (secondary N) is 1. The number of amides is 1. The summed E-state index contributed by atoms with van der Waals surface area (Å²) < 4.78 is 13.5. The van der Waals surface area contributed by atoms with Crippen LogP contribution in [0.4, 0.5) is 4.39 Å². The average molecular weight is 260 g/mol. The predicted octanol–water partition coefficient (Wildman–Crippen LogP) is 2.37. The molecule has 0 bridgehead atoms. The maximum atomic E-state index is 13.5. The molecule has 1 rings (SSSR count). The van der Waals surface area contributed by atoms with Crippen LogP contribution in [0.3, 0.4) is 0 Å². The zero-order valence-electron chi connectivity index (χ0n) is 9.54. The summed E-state index contributed by atoms with van der Waals surface area (Å²) in [6.45, 7) is 2.16. The molecule has 3 nitrogen and oxygen atoms in total. The van der Waals surface area contributed by atoms with Gasteiger partial charge >= 0.3 is 0 Å². The fraction of sp³-hybridized carbons (Fsp3) is 0.417. The number of aliphatic hydroxyl groups excluding tert-OH is 1. The highest BCUT2D eigenvalue weighted by Gasteiger charge is 2.13. The first-order valence-corrected chi connectivity index (χ1v) is 5.84. The zero-order valence-corrected chi connectivity index (χ0v) is 10.3. The van der Waals surface area contributed by atoms with Crippen molar-refractivity contribution >= 4 is 17.5 Å². The Bertz CT molecular complexity index is 398. The molecule has 0 spiro atoms. The molecule has 2 N–H and O–H groups in total. The number of carbonyl (C=O) groups excluding carboxylic acids is 1. The van der Waals surface area contributed by atoms with Gasteiger partial charge in [-0.05, 0) is 25.0 Å². The number of hydrogen-bond donors (Lipinski definition) is 2. The van der Waals surface area contributed by atoms with Crippen LogP contribution >= 0.6 is 11.6 Å². The number of carbonyl (C=O) groups is 1. The van der Waals surface area contributed by atoms with Crippen molar-refractivity contribution in [3.05, 3.63) is 34.6 Å². The van der Waals surface area contributed by atoms with Gasteiger partial charge in [-0.3, -0.25) is 4.79 Å². The largest absolute Gasteiger partial charge is 0.393 e. The van der Waals surface area contributed by atoms with Gasteiger partial charge in [-0.25, -0.2) is 4.39 Å². The van der Waals surface area contributed by atoms with Crippen molar-refractivity contribution < 1.29 is 14.3 Å². The minimum Gasteiger partial charge on any atom is -0.393 e. The quantitative estimate of drug-likeness (QED) is 0.853. The summed E-state index contributed by atoms with van der Waals surface area (Å²) in [5, 5.41) is 11.8. The third kappa shape index (κ3) is 3.98. The number of benzene rings is 1.